The standard InChI is InChI=1S/C18H19NO/c1-2-13-7-9-14(10-8-13)18(20)16-11-12-19-17-6-4-3-5-15(16)17/h3-10,16,19H,2,11-12H2,1H3. The van der Waals surface area contributed by atoms with Gasteiger partial charge in [0, 0.05) is 17.8 Å². The molecule has 0 aromatic heterocycles. The second kappa shape index (κ2) is 5.49. The van der Waals surface area contributed by atoms with Crippen LogP contribution in [0.25, 0.3) is 0 Å². The van der Waals surface area contributed by atoms with Crippen molar-refractivity contribution in [3.63, 3.8) is 0 Å². The van der Waals surface area contributed by atoms with E-state index in [1.165, 1.54) is 5.56 Å². The van der Waals surface area contributed by atoms with Crippen LogP contribution in [-0.2, 0) is 6.42 Å². The lowest BCUT2D eigenvalue weighted by molar-refractivity contribution is 0.0955. The highest BCUT2D eigenvalue weighted by atomic mass is 16.1. The SMILES string of the molecule is CCc1ccc(C(=O)C2CCNc3ccccc32)cc1. The highest BCUT2D eigenvalue weighted by molar-refractivity contribution is 6.02. The molecular formula is C18H19NO. The Balaban J connectivity index is 1.91. The molecule has 1 N–H and O–H groups in total. The Labute approximate surface area is 119 Å². The Hall–Kier alpha value is -2.09. The predicted octanol–water partition coefficient (Wildman–Crippen LogP) is 4.03. The third kappa shape index (κ3) is 2.34. The van der Waals surface area contributed by atoms with E-state index < -0.39 is 0 Å². The van der Waals surface area contributed by atoms with E-state index in [9.17, 15) is 4.79 Å². The average Bonchev–Trinajstić information content (AvgIpc) is 2.54. The van der Waals surface area contributed by atoms with Gasteiger partial charge in [0.1, 0.15) is 0 Å². The molecule has 2 nitrogen and oxygen atoms in total. The van der Waals surface area contributed by atoms with Gasteiger partial charge in [0.25, 0.3) is 0 Å². The van der Waals surface area contributed by atoms with E-state index in [0.717, 1.165) is 36.2 Å². The molecule has 2 aromatic rings. The van der Waals surface area contributed by atoms with Crippen LogP contribution in [0.3, 0.4) is 0 Å². The molecule has 20 heavy (non-hydrogen) atoms. The Morgan fingerprint density at radius 3 is 2.65 bits per heavy atom. The van der Waals surface area contributed by atoms with E-state index in [1.54, 1.807) is 0 Å². The smallest absolute Gasteiger partial charge is 0.170 e. The number of carbonyl (C=O) groups excluding carboxylic acids is 1. The van der Waals surface area contributed by atoms with Crippen molar-refractivity contribution in [2.24, 2.45) is 0 Å². The number of carbonyl (C=O) groups is 1. The molecule has 0 fully saturated rings. The lowest BCUT2D eigenvalue weighted by Crippen LogP contribution is -2.23. The molecule has 2 heteroatoms. The fourth-order valence-corrected chi connectivity index (χ4v) is 2.85. The normalized spacial score (nSPS) is 17.1. The summed E-state index contributed by atoms with van der Waals surface area (Å²) in [5.74, 6) is 0.224. The number of anilines is 1. The van der Waals surface area contributed by atoms with Crippen LogP contribution in [0.4, 0.5) is 5.69 Å². The van der Waals surface area contributed by atoms with Gasteiger partial charge in [0.05, 0.1) is 5.92 Å². The van der Waals surface area contributed by atoms with Crippen molar-refractivity contribution < 1.29 is 4.79 Å². The van der Waals surface area contributed by atoms with Crippen molar-refractivity contribution in [1.82, 2.24) is 0 Å². The van der Waals surface area contributed by atoms with Crippen LogP contribution in [0, 0.1) is 0 Å². The molecular weight excluding hydrogens is 246 g/mol. The lowest BCUT2D eigenvalue weighted by Gasteiger charge is -2.25. The van der Waals surface area contributed by atoms with E-state index >= 15 is 0 Å². The molecule has 1 aliphatic heterocycles. The quantitative estimate of drug-likeness (QED) is 0.849. The summed E-state index contributed by atoms with van der Waals surface area (Å²) in [6, 6.07) is 16.2. The van der Waals surface area contributed by atoms with Crippen molar-refractivity contribution in [3.05, 3.63) is 65.2 Å². The van der Waals surface area contributed by atoms with Gasteiger partial charge in [-0.05, 0) is 30.0 Å². The van der Waals surface area contributed by atoms with Crippen molar-refractivity contribution in [1.29, 1.82) is 0 Å². The molecule has 0 radical (unpaired) electrons. The molecule has 2 aromatic carbocycles. The van der Waals surface area contributed by atoms with E-state index in [4.69, 9.17) is 0 Å². The molecule has 0 aliphatic carbocycles. The lowest BCUT2D eigenvalue weighted by atomic mass is 9.85. The molecule has 102 valence electrons. The number of benzene rings is 2. The van der Waals surface area contributed by atoms with Gasteiger partial charge in [-0.2, -0.15) is 0 Å². The van der Waals surface area contributed by atoms with Gasteiger partial charge in [-0.3, -0.25) is 4.79 Å². The minimum absolute atomic E-state index is 0.0140. The maximum atomic E-state index is 12.7. The number of fused-ring (bicyclic) bond motifs is 1. The second-order valence-electron chi connectivity index (χ2n) is 5.27. The molecule has 1 heterocycles. The van der Waals surface area contributed by atoms with Crippen LogP contribution in [-0.4, -0.2) is 12.3 Å². The molecule has 3 rings (SSSR count). The van der Waals surface area contributed by atoms with Crippen LogP contribution < -0.4 is 5.32 Å². The predicted molar refractivity (Wildman–Crippen MR) is 82.4 cm³/mol. The third-order valence-corrected chi connectivity index (χ3v) is 4.05. The van der Waals surface area contributed by atoms with Crippen LogP contribution in [0.5, 0.6) is 0 Å². The van der Waals surface area contributed by atoms with Crippen molar-refractivity contribution in [2.45, 2.75) is 25.7 Å². The van der Waals surface area contributed by atoms with Gasteiger partial charge >= 0.3 is 0 Å². The third-order valence-electron chi connectivity index (χ3n) is 4.05. The van der Waals surface area contributed by atoms with E-state index in [0.29, 0.717) is 0 Å². The van der Waals surface area contributed by atoms with Crippen LogP contribution in [0.15, 0.2) is 48.5 Å². The number of hydrogen-bond donors (Lipinski definition) is 1. The summed E-state index contributed by atoms with van der Waals surface area (Å²) in [6.07, 6.45) is 1.87. The van der Waals surface area contributed by atoms with Gasteiger partial charge in [0.2, 0.25) is 0 Å². The van der Waals surface area contributed by atoms with Crippen LogP contribution in [0.1, 0.15) is 40.7 Å². The Kier molecular flexibility index (Phi) is 3.55. The number of hydrogen-bond acceptors (Lipinski definition) is 2. The summed E-state index contributed by atoms with van der Waals surface area (Å²) in [7, 11) is 0. The first-order chi connectivity index (χ1) is 9.79. The molecule has 0 bridgehead atoms. The topological polar surface area (TPSA) is 29.1 Å². The summed E-state index contributed by atoms with van der Waals surface area (Å²) in [6.45, 7) is 2.99. The fraction of sp³-hybridized carbons (Fsp3) is 0.278. The number of ketones is 1. The summed E-state index contributed by atoms with van der Waals surface area (Å²) in [4.78, 5) is 12.7. The van der Waals surface area contributed by atoms with Crippen LogP contribution >= 0.6 is 0 Å². The highest BCUT2D eigenvalue weighted by Gasteiger charge is 2.26. The molecule has 1 atom stereocenters. The molecule has 0 saturated carbocycles. The van der Waals surface area contributed by atoms with Crippen molar-refractivity contribution in [3.8, 4) is 0 Å². The molecule has 1 aliphatic rings. The largest absolute Gasteiger partial charge is 0.385 e. The molecule has 0 amide bonds. The second-order valence-corrected chi connectivity index (χ2v) is 5.27. The number of para-hydroxylation sites is 1. The first kappa shape index (κ1) is 12.9. The minimum atomic E-state index is -0.0140. The highest BCUT2D eigenvalue weighted by Crippen LogP contribution is 2.33. The van der Waals surface area contributed by atoms with E-state index in [2.05, 4.69) is 36.5 Å². The minimum Gasteiger partial charge on any atom is -0.385 e. The number of Topliss-reactive ketones (excluding diaryl/α,β-unsaturated/α-hetero) is 1. The summed E-state index contributed by atoms with van der Waals surface area (Å²) >= 11 is 0. The van der Waals surface area contributed by atoms with Gasteiger partial charge in [-0.15, -0.1) is 0 Å². The number of rotatable bonds is 3. The first-order valence-electron chi connectivity index (χ1n) is 7.25. The van der Waals surface area contributed by atoms with Crippen LogP contribution in [0.2, 0.25) is 0 Å². The van der Waals surface area contributed by atoms with Crippen molar-refractivity contribution >= 4 is 11.5 Å². The Morgan fingerprint density at radius 2 is 1.90 bits per heavy atom. The number of nitrogens with one attached hydrogen (secondary N) is 1. The zero-order valence-electron chi connectivity index (χ0n) is 11.7. The maximum absolute atomic E-state index is 12.7. The average molecular weight is 265 g/mol. The Bertz CT molecular complexity index is 616. The van der Waals surface area contributed by atoms with Gasteiger partial charge in [0.15, 0.2) is 5.78 Å². The van der Waals surface area contributed by atoms with Crippen molar-refractivity contribution in [2.75, 3.05) is 11.9 Å². The zero-order valence-corrected chi connectivity index (χ0v) is 11.7. The zero-order chi connectivity index (χ0) is 13.9. The molecule has 0 saturated heterocycles. The maximum Gasteiger partial charge on any atom is 0.170 e. The summed E-state index contributed by atoms with van der Waals surface area (Å²) < 4.78 is 0. The summed E-state index contributed by atoms with van der Waals surface area (Å²) in [5, 5.41) is 3.36. The number of aryl methyl sites for hydroxylation is 1. The molecule has 1 unspecified atom stereocenters. The summed E-state index contributed by atoms with van der Waals surface area (Å²) in [5.41, 5.74) is 4.32. The van der Waals surface area contributed by atoms with Gasteiger partial charge < -0.3 is 5.32 Å². The first-order valence-corrected chi connectivity index (χ1v) is 7.25. The van der Waals surface area contributed by atoms with Gasteiger partial charge in [-0.25, -0.2) is 0 Å². The monoisotopic (exact) mass is 265 g/mol. The Morgan fingerprint density at radius 1 is 1.15 bits per heavy atom. The van der Waals surface area contributed by atoms with E-state index in [1.807, 2.05) is 24.3 Å². The van der Waals surface area contributed by atoms with E-state index in [-0.39, 0.29) is 11.7 Å². The molecule has 0 spiro atoms. The fourth-order valence-electron chi connectivity index (χ4n) is 2.85. The van der Waals surface area contributed by atoms with Gasteiger partial charge in [-0.1, -0.05) is 49.4 Å².